The standard InChI is InChI=1S/C17H26ClN3O2/c1-13(19-11-16(22)12-21-7-2-3-8-21)9-17(23)20-15-6-4-5-14(18)10-15/h4-6,10,13,16,19,22H,2-3,7-9,11-12H2,1H3,(H,20,23). The molecular formula is C17H26ClN3O2. The molecule has 0 aromatic heterocycles. The smallest absolute Gasteiger partial charge is 0.225 e. The van der Waals surface area contributed by atoms with E-state index in [4.69, 9.17) is 11.6 Å². The maximum atomic E-state index is 12.0. The van der Waals surface area contributed by atoms with Crippen molar-refractivity contribution in [2.75, 3.05) is 31.5 Å². The van der Waals surface area contributed by atoms with E-state index in [0.717, 1.165) is 13.1 Å². The number of amides is 1. The van der Waals surface area contributed by atoms with Crippen LogP contribution in [0.4, 0.5) is 5.69 Å². The van der Waals surface area contributed by atoms with Crippen molar-refractivity contribution in [3.05, 3.63) is 29.3 Å². The van der Waals surface area contributed by atoms with Crippen molar-refractivity contribution < 1.29 is 9.90 Å². The second kappa shape index (κ2) is 9.23. The summed E-state index contributed by atoms with van der Waals surface area (Å²) < 4.78 is 0. The van der Waals surface area contributed by atoms with Gasteiger partial charge in [0, 0.05) is 36.3 Å². The number of carbonyl (C=O) groups excluding carboxylic acids is 1. The molecule has 2 unspecified atom stereocenters. The summed E-state index contributed by atoms with van der Waals surface area (Å²) in [6.45, 7) is 5.31. The Morgan fingerprint density at radius 1 is 1.39 bits per heavy atom. The van der Waals surface area contributed by atoms with Gasteiger partial charge in [0.2, 0.25) is 5.91 Å². The van der Waals surface area contributed by atoms with Crippen molar-refractivity contribution in [2.24, 2.45) is 0 Å². The van der Waals surface area contributed by atoms with Gasteiger partial charge in [-0.1, -0.05) is 17.7 Å². The third kappa shape index (κ3) is 6.87. The van der Waals surface area contributed by atoms with Gasteiger partial charge in [0.25, 0.3) is 0 Å². The molecule has 23 heavy (non-hydrogen) atoms. The van der Waals surface area contributed by atoms with Crippen LogP contribution >= 0.6 is 11.6 Å². The van der Waals surface area contributed by atoms with E-state index in [0.29, 0.717) is 30.2 Å². The van der Waals surface area contributed by atoms with Crippen molar-refractivity contribution in [1.82, 2.24) is 10.2 Å². The van der Waals surface area contributed by atoms with Crippen LogP contribution in [-0.4, -0.2) is 54.2 Å². The van der Waals surface area contributed by atoms with Gasteiger partial charge < -0.3 is 20.6 Å². The Labute approximate surface area is 143 Å². The predicted molar refractivity (Wildman–Crippen MR) is 93.8 cm³/mol. The van der Waals surface area contributed by atoms with Gasteiger partial charge in [-0.15, -0.1) is 0 Å². The lowest BCUT2D eigenvalue weighted by molar-refractivity contribution is -0.116. The second-order valence-electron chi connectivity index (χ2n) is 6.23. The molecule has 128 valence electrons. The minimum Gasteiger partial charge on any atom is -0.390 e. The molecule has 6 heteroatoms. The number of anilines is 1. The molecule has 1 heterocycles. The zero-order valence-electron chi connectivity index (χ0n) is 13.6. The largest absolute Gasteiger partial charge is 0.390 e. The van der Waals surface area contributed by atoms with Crippen LogP contribution in [0.5, 0.6) is 0 Å². The minimum absolute atomic E-state index is 0.00223. The summed E-state index contributed by atoms with van der Waals surface area (Å²) in [5, 5.41) is 16.7. The number of halogens is 1. The average molecular weight is 340 g/mol. The van der Waals surface area contributed by atoms with Crippen LogP contribution in [-0.2, 0) is 4.79 Å². The van der Waals surface area contributed by atoms with E-state index < -0.39 is 6.10 Å². The number of carbonyl (C=O) groups is 1. The van der Waals surface area contributed by atoms with Crippen molar-refractivity contribution in [2.45, 2.75) is 38.3 Å². The lowest BCUT2D eigenvalue weighted by Gasteiger charge is -2.21. The normalized spacial score (nSPS) is 17.9. The van der Waals surface area contributed by atoms with E-state index in [1.807, 2.05) is 13.0 Å². The van der Waals surface area contributed by atoms with E-state index in [1.54, 1.807) is 18.2 Å². The first-order valence-corrected chi connectivity index (χ1v) is 8.60. The highest BCUT2D eigenvalue weighted by Crippen LogP contribution is 2.15. The Morgan fingerprint density at radius 2 is 2.13 bits per heavy atom. The molecule has 0 aliphatic carbocycles. The number of nitrogens with one attached hydrogen (secondary N) is 2. The zero-order valence-corrected chi connectivity index (χ0v) is 14.4. The van der Waals surface area contributed by atoms with E-state index in [1.165, 1.54) is 12.8 Å². The third-order valence-corrected chi connectivity index (χ3v) is 4.20. The molecule has 0 saturated carbocycles. The molecule has 0 radical (unpaired) electrons. The van der Waals surface area contributed by atoms with Gasteiger partial charge in [0.15, 0.2) is 0 Å². The Balaban J connectivity index is 1.65. The van der Waals surface area contributed by atoms with Gasteiger partial charge in [-0.05, 0) is 51.1 Å². The van der Waals surface area contributed by atoms with Crippen LogP contribution in [0.3, 0.4) is 0 Å². The third-order valence-electron chi connectivity index (χ3n) is 3.97. The number of nitrogens with zero attached hydrogens (tertiary/aromatic N) is 1. The topological polar surface area (TPSA) is 64.6 Å². The van der Waals surface area contributed by atoms with Crippen molar-refractivity contribution in [3.8, 4) is 0 Å². The highest BCUT2D eigenvalue weighted by atomic mass is 35.5. The van der Waals surface area contributed by atoms with Crippen molar-refractivity contribution >= 4 is 23.2 Å². The van der Waals surface area contributed by atoms with Crippen LogP contribution in [0.1, 0.15) is 26.2 Å². The number of rotatable bonds is 8. The molecule has 2 rings (SSSR count). The molecule has 1 aliphatic rings. The Morgan fingerprint density at radius 3 is 2.83 bits per heavy atom. The Hall–Kier alpha value is -1.14. The minimum atomic E-state index is -0.397. The fourth-order valence-electron chi connectivity index (χ4n) is 2.79. The monoisotopic (exact) mass is 339 g/mol. The SMILES string of the molecule is CC(CC(=O)Nc1cccc(Cl)c1)NCC(O)CN1CCCC1. The lowest BCUT2D eigenvalue weighted by Crippen LogP contribution is -2.41. The number of benzene rings is 1. The number of hydrogen-bond acceptors (Lipinski definition) is 4. The molecule has 1 saturated heterocycles. The molecule has 0 spiro atoms. The molecule has 3 N–H and O–H groups in total. The van der Waals surface area contributed by atoms with E-state index in [9.17, 15) is 9.90 Å². The lowest BCUT2D eigenvalue weighted by atomic mass is 10.2. The zero-order chi connectivity index (χ0) is 16.7. The van der Waals surface area contributed by atoms with Gasteiger partial charge in [0.1, 0.15) is 0 Å². The summed E-state index contributed by atoms with van der Waals surface area (Å²) in [5.74, 6) is -0.0682. The maximum absolute atomic E-state index is 12.0. The van der Waals surface area contributed by atoms with Crippen LogP contribution in [0.2, 0.25) is 5.02 Å². The highest BCUT2D eigenvalue weighted by molar-refractivity contribution is 6.30. The van der Waals surface area contributed by atoms with Gasteiger partial charge in [-0.25, -0.2) is 0 Å². The molecule has 0 bridgehead atoms. The Bertz CT molecular complexity index is 506. The number of aliphatic hydroxyl groups excluding tert-OH is 1. The van der Waals surface area contributed by atoms with Gasteiger partial charge >= 0.3 is 0 Å². The summed E-state index contributed by atoms with van der Waals surface area (Å²) in [5.41, 5.74) is 0.698. The molecule has 1 aromatic rings. The van der Waals surface area contributed by atoms with Crippen molar-refractivity contribution in [1.29, 1.82) is 0 Å². The van der Waals surface area contributed by atoms with E-state index >= 15 is 0 Å². The molecule has 2 atom stereocenters. The summed E-state index contributed by atoms with van der Waals surface area (Å²) in [4.78, 5) is 14.3. The second-order valence-corrected chi connectivity index (χ2v) is 6.67. The number of aliphatic hydroxyl groups is 1. The molecule has 1 aliphatic heterocycles. The van der Waals surface area contributed by atoms with Crippen LogP contribution < -0.4 is 10.6 Å². The van der Waals surface area contributed by atoms with E-state index in [-0.39, 0.29) is 11.9 Å². The number of β-amino-alcohol motifs (C(OH)–C–C–N with tert-alkyl or cyclic N) is 1. The summed E-state index contributed by atoms with van der Waals surface area (Å²) in [6.07, 6.45) is 2.40. The summed E-state index contributed by atoms with van der Waals surface area (Å²) in [6, 6.07) is 7.10. The first-order chi connectivity index (χ1) is 11.0. The van der Waals surface area contributed by atoms with Gasteiger partial charge in [-0.2, -0.15) is 0 Å². The van der Waals surface area contributed by atoms with E-state index in [2.05, 4.69) is 15.5 Å². The first kappa shape index (κ1) is 18.2. The van der Waals surface area contributed by atoms with Gasteiger partial charge in [-0.3, -0.25) is 4.79 Å². The molecule has 5 nitrogen and oxygen atoms in total. The molecule has 1 aromatic carbocycles. The molecule has 1 amide bonds. The number of hydrogen-bond donors (Lipinski definition) is 3. The maximum Gasteiger partial charge on any atom is 0.225 e. The predicted octanol–water partition coefficient (Wildman–Crippen LogP) is 2.10. The van der Waals surface area contributed by atoms with Crippen LogP contribution in [0.25, 0.3) is 0 Å². The van der Waals surface area contributed by atoms with Crippen molar-refractivity contribution in [3.63, 3.8) is 0 Å². The fourth-order valence-corrected chi connectivity index (χ4v) is 2.98. The Kier molecular flexibility index (Phi) is 7.30. The number of likely N-dealkylation sites (tertiary alicyclic amines) is 1. The summed E-state index contributed by atoms with van der Waals surface area (Å²) >= 11 is 5.89. The summed E-state index contributed by atoms with van der Waals surface area (Å²) in [7, 11) is 0. The highest BCUT2D eigenvalue weighted by Gasteiger charge is 2.16. The molecular weight excluding hydrogens is 314 g/mol. The quantitative estimate of drug-likeness (QED) is 0.678. The first-order valence-electron chi connectivity index (χ1n) is 8.22. The average Bonchev–Trinajstić information content (AvgIpc) is 2.98. The van der Waals surface area contributed by atoms with Crippen LogP contribution in [0, 0.1) is 0 Å². The fraction of sp³-hybridized carbons (Fsp3) is 0.588. The van der Waals surface area contributed by atoms with Gasteiger partial charge in [0.05, 0.1) is 6.10 Å². The molecule has 1 fully saturated rings. The van der Waals surface area contributed by atoms with Crippen LogP contribution in [0.15, 0.2) is 24.3 Å².